The highest BCUT2D eigenvalue weighted by molar-refractivity contribution is 6.04. The predicted octanol–water partition coefficient (Wildman–Crippen LogP) is 3.57. The van der Waals surface area contributed by atoms with Gasteiger partial charge in [0.05, 0.1) is 25.3 Å². The SMILES string of the molecule is COc1cc2ncnc(Nc3ccc4[nH]cc(C(=O)O)c4c3)c2cc1OC. The Kier molecular flexibility index (Phi) is 4.00. The fourth-order valence-corrected chi connectivity index (χ4v) is 2.99. The first-order chi connectivity index (χ1) is 13.1. The molecule has 0 radical (unpaired) electrons. The van der Waals surface area contributed by atoms with Gasteiger partial charge in [-0.25, -0.2) is 14.8 Å². The van der Waals surface area contributed by atoms with E-state index in [0.29, 0.717) is 33.9 Å². The van der Waals surface area contributed by atoms with Gasteiger partial charge in [-0.2, -0.15) is 0 Å². The van der Waals surface area contributed by atoms with Crippen molar-refractivity contribution in [1.29, 1.82) is 0 Å². The maximum absolute atomic E-state index is 11.4. The van der Waals surface area contributed by atoms with E-state index in [1.807, 2.05) is 12.1 Å². The smallest absolute Gasteiger partial charge is 0.337 e. The number of ether oxygens (including phenoxy) is 2. The monoisotopic (exact) mass is 364 g/mol. The molecule has 2 aromatic heterocycles. The topological polar surface area (TPSA) is 109 Å². The summed E-state index contributed by atoms with van der Waals surface area (Å²) in [6, 6.07) is 9.01. The molecule has 27 heavy (non-hydrogen) atoms. The molecule has 0 unspecified atom stereocenters. The minimum atomic E-state index is -0.984. The number of hydrogen-bond acceptors (Lipinski definition) is 6. The average Bonchev–Trinajstić information content (AvgIpc) is 3.10. The molecule has 8 heteroatoms. The molecule has 0 bridgehead atoms. The molecule has 0 aliphatic rings. The van der Waals surface area contributed by atoms with Crippen molar-refractivity contribution in [2.24, 2.45) is 0 Å². The Morgan fingerprint density at radius 3 is 2.59 bits per heavy atom. The molecule has 136 valence electrons. The van der Waals surface area contributed by atoms with E-state index in [0.717, 1.165) is 10.9 Å². The van der Waals surface area contributed by atoms with Crippen molar-refractivity contribution in [3.05, 3.63) is 48.4 Å². The summed E-state index contributed by atoms with van der Waals surface area (Å²) in [5.41, 5.74) is 2.36. The lowest BCUT2D eigenvalue weighted by Gasteiger charge is -2.12. The molecule has 0 atom stereocenters. The van der Waals surface area contributed by atoms with Crippen LogP contribution in [0.15, 0.2) is 42.9 Å². The minimum Gasteiger partial charge on any atom is -0.493 e. The number of methoxy groups -OCH3 is 2. The van der Waals surface area contributed by atoms with Gasteiger partial charge >= 0.3 is 5.97 Å². The van der Waals surface area contributed by atoms with E-state index in [4.69, 9.17) is 9.47 Å². The summed E-state index contributed by atoms with van der Waals surface area (Å²) in [4.78, 5) is 22.9. The summed E-state index contributed by atoms with van der Waals surface area (Å²) in [6.45, 7) is 0. The number of fused-ring (bicyclic) bond motifs is 2. The van der Waals surface area contributed by atoms with Crippen molar-refractivity contribution in [3.63, 3.8) is 0 Å². The summed E-state index contributed by atoms with van der Waals surface area (Å²) in [6.07, 6.45) is 2.93. The number of carboxylic acids is 1. The number of benzene rings is 2. The molecule has 0 saturated heterocycles. The van der Waals surface area contributed by atoms with E-state index in [-0.39, 0.29) is 5.56 Å². The second-order valence-corrected chi connectivity index (χ2v) is 5.84. The molecule has 0 amide bonds. The normalized spacial score (nSPS) is 10.9. The second-order valence-electron chi connectivity index (χ2n) is 5.84. The van der Waals surface area contributed by atoms with Gasteiger partial charge in [0, 0.05) is 34.2 Å². The third-order valence-corrected chi connectivity index (χ3v) is 4.32. The molecule has 2 aromatic carbocycles. The lowest BCUT2D eigenvalue weighted by atomic mass is 10.1. The minimum absolute atomic E-state index is 0.215. The number of aromatic carboxylic acids is 1. The summed E-state index contributed by atoms with van der Waals surface area (Å²) in [7, 11) is 3.13. The van der Waals surface area contributed by atoms with Crippen molar-refractivity contribution in [3.8, 4) is 11.5 Å². The van der Waals surface area contributed by atoms with Crippen LogP contribution in [0.1, 0.15) is 10.4 Å². The van der Waals surface area contributed by atoms with Crippen molar-refractivity contribution in [2.45, 2.75) is 0 Å². The Bertz CT molecular complexity index is 1170. The van der Waals surface area contributed by atoms with Gasteiger partial charge in [0.2, 0.25) is 0 Å². The number of hydrogen-bond donors (Lipinski definition) is 3. The van der Waals surface area contributed by atoms with Crippen LogP contribution in [0.2, 0.25) is 0 Å². The first-order valence-electron chi connectivity index (χ1n) is 8.09. The van der Waals surface area contributed by atoms with Crippen LogP contribution in [-0.4, -0.2) is 40.2 Å². The maximum atomic E-state index is 11.4. The van der Waals surface area contributed by atoms with Gasteiger partial charge in [0.25, 0.3) is 0 Å². The third-order valence-electron chi connectivity index (χ3n) is 4.32. The van der Waals surface area contributed by atoms with Crippen LogP contribution in [-0.2, 0) is 0 Å². The molecule has 0 saturated carbocycles. The van der Waals surface area contributed by atoms with Gasteiger partial charge in [-0.3, -0.25) is 0 Å². The van der Waals surface area contributed by atoms with Gasteiger partial charge in [0.15, 0.2) is 11.5 Å². The van der Waals surface area contributed by atoms with Crippen LogP contribution in [0.3, 0.4) is 0 Å². The quantitative estimate of drug-likeness (QED) is 0.496. The van der Waals surface area contributed by atoms with Crippen LogP contribution in [0.25, 0.3) is 21.8 Å². The van der Waals surface area contributed by atoms with Crippen molar-refractivity contribution in [2.75, 3.05) is 19.5 Å². The standard InChI is InChI=1S/C19H16N4O4/c1-26-16-6-12-15(7-17(16)27-2)21-9-22-18(12)23-10-3-4-14-11(5-10)13(8-20-14)19(24)25/h3-9,20H,1-2H3,(H,24,25)(H,21,22,23). The fraction of sp³-hybridized carbons (Fsp3) is 0.105. The van der Waals surface area contributed by atoms with Gasteiger partial charge in [0.1, 0.15) is 12.1 Å². The molecule has 0 aliphatic carbocycles. The Balaban J connectivity index is 1.80. The first-order valence-corrected chi connectivity index (χ1v) is 8.09. The molecule has 0 spiro atoms. The van der Waals surface area contributed by atoms with E-state index in [2.05, 4.69) is 20.3 Å². The number of aromatic amines is 1. The highest BCUT2D eigenvalue weighted by Gasteiger charge is 2.13. The van der Waals surface area contributed by atoms with Crippen LogP contribution in [0.5, 0.6) is 11.5 Å². The van der Waals surface area contributed by atoms with E-state index >= 15 is 0 Å². The number of rotatable bonds is 5. The Morgan fingerprint density at radius 1 is 1.07 bits per heavy atom. The highest BCUT2D eigenvalue weighted by atomic mass is 16.5. The number of nitrogens with one attached hydrogen (secondary N) is 2. The molecule has 4 rings (SSSR count). The van der Waals surface area contributed by atoms with E-state index in [1.165, 1.54) is 12.5 Å². The molecule has 0 aliphatic heterocycles. The van der Waals surface area contributed by atoms with Gasteiger partial charge < -0.3 is 24.9 Å². The lowest BCUT2D eigenvalue weighted by molar-refractivity contribution is 0.0699. The Hall–Kier alpha value is -3.81. The summed E-state index contributed by atoms with van der Waals surface area (Å²) in [5, 5.41) is 13.9. The maximum Gasteiger partial charge on any atom is 0.337 e. The molecule has 0 fully saturated rings. The second kappa shape index (κ2) is 6.49. The number of H-pyrrole nitrogens is 1. The predicted molar refractivity (Wildman–Crippen MR) is 101 cm³/mol. The van der Waals surface area contributed by atoms with Crippen molar-refractivity contribution >= 4 is 39.3 Å². The van der Waals surface area contributed by atoms with Crippen molar-refractivity contribution in [1.82, 2.24) is 15.0 Å². The van der Waals surface area contributed by atoms with E-state index in [1.54, 1.807) is 32.4 Å². The molecule has 8 nitrogen and oxygen atoms in total. The van der Waals surface area contributed by atoms with Gasteiger partial charge in [-0.05, 0) is 24.3 Å². The Labute approximate surface area is 153 Å². The Morgan fingerprint density at radius 2 is 1.85 bits per heavy atom. The van der Waals surface area contributed by atoms with Crippen LogP contribution >= 0.6 is 0 Å². The van der Waals surface area contributed by atoms with Gasteiger partial charge in [-0.15, -0.1) is 0 Å². The molecular weight excluding hydrogens is 348 g/mol. The fourth-order valence-electron chi connectivity index (χ4n) is 2.99. The zero-order valence-corrected chi connectivity index (χ0v) is 14.6. The number of aromatic nitrogens is 3. The molecule has 2 heterocycles. The third kappa shape index (κ3) is 2.86. The molecule has 3 N–H and O–H groups in total. The van der Waals surface area contributed by atoms with Crippen LogP contribution in [0.4, 0.5) is 11.5 Å². The zero-order valence-electron chi connectivity index (χ0n) is 14.6. The largest absolute Gasteiger partial charge is 0.493 e. The van der Waals surface area contributed by atoms with Gasteiger partial charge in [-0.1, -0.05) is 0 Å². The summed E-state index contributed by atoms with van der Waals surface area (Å²) < 4.78 is 10.7. The average molecular weight is 364 g/mol. The summed E-state index contributed by atoms with van der Waals surface area (Å²) in [5.74, 6) is 0.738. The van der Waals surface area contributed by atoms with E-state index < -0.39 is 5.97 Å². The molecular formula is C19H16N4O4. The summed E-state index contributed by atoms with van der Waals surface area (Å²) >= 11 is 0. The van der Waals surface area contributed by atoms with Crippen LogP contribution in [0, 0.1) is 0 Å². The van der Waals surface area contributed by atoms with Crippen LogP contribution < -0.4 is 14.8 Å². The number of nitrogens with zero attached hydrogens (tertiary/aromatic N) is 2. The first kappa shape index (κ1) is 16.6. The number of anilines is 2. The molecule has 4 aromatic rings. The van der Waals surface area contributed by atoms with Crippen molar-refractivity contribution < 1.29 is 19.4 Å². The highest BCUT2D eigenvalue weighted by Crippen LogP contribution is 2.34. The lowest BCUT2D eigenvalue weighted by Crippen LogP contribution is -1.98. The zero-order chi connectivity index (χ0) is 19.0. The number of carbonyl (C=O) groups is 1. The van der Waals surface area contributed by atoms with E-state index in [9.17, 15) is 9.90 Å². The number of carboxylic acid groups (broad SMARTS) is 1.